The second-order valence-electron chi connectivity index (χ2n) is 11.2. The maximum absolute atomic E-state index is 14.5. The number of hydrogen-bond donors (Lipinski definition) is 4. The Morgan fingerprint density at radius 2 is 0.900 bits per heavy atom. The number of hydrogen-bond acceptors (Lipinski definition) is 8. The summed E-state index contributed by atoms with van der Waals surface area (Å²) in [7, 11) is 5.26. The fourth-order valence-corrected chi connectivity index (χ4v) is 5.43. The minimum atomic E-state index is -1.25. The maximum atomic E-state index is 14.5. The predicted molar refractivity (Wildman–Crippen MR) is 173 cm³/mol. The molecule has 0 saturated heterocycles. The first-order chi connectivity index (χ1) is 23.9. The Morgan fingerprint density at radius 3 is 1.18 bits per heavy atom. The van der Waals surface area contributed by atoms with Crippen molar-refractivity contribution in [3.63, 3.8) is 0 Å². The molecule has 2 amide bonds. The first-order valence-electron chi connectivity index (χ1n) is 15.2. The van der Waals surface area contributed by atoms with Gasteiger partial charge < -0.3 is 39.8 Å². The number of ether oxygens (including phenoxy) is 4. The number of halogens is 4. The SMILES string of the molecule is COc1cc(C[C@H](C(=O)NCc2ccc(F)cc2F)[C@@H](Cc2cc(OC)c(O)c(OC)c2)C(=O)NCc2ccc(F)cc2F)cc(OC)c1O. The third-order valence-corrected chi connectivity index (χ3v) is 8.09. The van der Waals surface area contributed by atoms with Gasteiger partial charge in [-0.05, 0) is 60.4 Å². The number of aromatic hydroxyl groups is 2. The number of phenolic OH excluding ortho intramolecular Hbond substituents is 2. The molecule has 0 spiro atoms. The van der Waals surface area contributed by atoms with Crippen molar-refractivity contribution in [3.8, 4) is 34.5 Å². The van der Waals surface area contributed by atoms with Gasteiger partial charge in [0.15, 0.2) is 23.0 Å². The zero-order valence-electron chi connectivity index (χ0n) is 27.6. The molecule has 0 fully saturated rings. The average Bonchev–Trinajstić information content (AvgIpc) is 3.09. The summed E-state index contributed by atoms with van der Waals surface area (Å²) in [6.07, 6.45) is -0.333. The van der Waals surface area contributed by atoms with Crippen molar-refractivity contribution in [2.24, 2.45) is 11.8 Å². The van der Waals surface area contributed by atoms with E-state index in [1.807, 2.05) is 0 Å². The zero-order chi connectivity index (χ0) is 36.5. The maximum Gasteiger partial charge on any atom is 0.224 e. The number of carbonyl (C=O) groups is 2. The highest BCUT2D eigenvalue weighted by atomic mass is 19.1. The van der Waals surface area contributed by atoms with Crippen molar-refractivity contribution in [1.29, 1.82) is 0 Å². The normalized spacial score (nSPS) is 12.1. The fraction of sp³-hybridized carbons (Fsp3) is 0.278. The van der Waals surface area contributed by atoms with E-state index >= 15 is 0 Å². The number of carbonyl (C=O) groups excluding carboxylic acids is 2. The van der Waals surface area contributed by atoms with Gasteiger partial charge in [-0.2, -0.15) is 0 Å². The van der Waals surface area contributed by atoms with Crippen molar-refractivity contribution >= 4 is 11.8 Å². The number of nitrogens with one attached hydrogen (secondary N) is 2. The Bertz CT molecular complexity index is 1670. The summed E-state index contributed by atoms with van der Waals surface area (Å²) >= 11 is 0. The number of benzene rings is 4. The van der Waals surface area contributed by atoms with E-state index in [1.54, 1.807) is 0 Å². The van der Waals surface area contributed by atoms with Crippen molar-refractivity contribution in [3.05, 3.63) is 106 Å². The van der Waals surface area contributed by atoms with Crippen molar-refractivity contribution < 1.29 is 56.3 Å². The third-order valence-electron chi connectivity index (χ3n) is 8.09. The lowest BCUT2D eigenvalue weighted by molar-refractivity contribution is -0.135. The van der Waals surface area contributed by atoms with E-state index in [0.717, 1.165) is 12.1 Å². The molecule has 0 saturated carbocycles. The lowest BCUT2D eigenvalue weighted by atomic mass is 9.81. The molecule has 0 radical (unpaired) electrons. The quantitative estimate of drug-likeness (QED) is 0.122. The molecule has 14 heteroatoms. The summed E-state index contributed by atoms with van der Waals surface area (Å²) < 4.78 is 77.3. The zero-order valence-corrected chi connectivity index (χ0v) is 27.6. The van der Waals surface area contributed by atoms with E-state index in [0.29, 0.717) is 23.3 Å². The standard InChI is InChI=1S/C36H36F4N2O8/c1-47-29-11-19(12-30(48-2)33(29)43)9-25(35(45)41-17-21-5-7-23(37)15-27(21)39)26(10-20-13-31(49-3)34(44)32(14-20)50-4)36(46)42-18-22-6-8-24(38)16-28(22)40/h5-8,11-16,25-26,43-44H,9-10,17-18H2,1-4H3,(H,41,45)(H,42,46)/t25-,26+. The molecular weight excluding hydrogens is 664 g/mol. The van der Waals surface area contributed by atoms with Crippen LogP contribution in [0.4, 0.5) is 17.6 Å². The summed E-state index contributed by atoms with van der Waals surface area (Å²) in [5.74, 6) is -7.85. The van der Waals surface area contributed by atoms with Crippen LogP contribution in [-0.2, 0) is 35.5 Å². The van der Waals surface area contributed by atoms with Crippen molar-refractivity contribution in [1.82, 2.24) is 10.6 Å². The molecule has 0 aromatic heterocycles. The Balaban J connectivity index is 1.79. The predicted octanol–water partition coefficient (Wildman–Crippen LogP) is 5.34. The number of phenols is 2. The highest BCUT2D eigenvalue weighted by Crippen LogP contribution is 2.40. The van der Waals surface area contributed by atoms with Crippen LogP contribution in [-0.4, -0.2) is 50.5 Å². The molecule has 0 aliphatic carbocycles. The van der Waals surface area contributed by atoms with Gasteiger partial charge in [0.05, 0.1) is 40.3 Å². The summed E-state index contributed by atoms with van der Waals surface area (Å²) in [4.78, 5) is 28.2. The Labute approximate surface area is 285 Å². The van der Waals surface area contributed by atoms with E-state index in [-0.39, 0.29) is 71.6 Å². The van der Waals surface area contributed by atoms with E-state index in [4.69, 9.17) is 18.9 Å². The molecule has 4 N–H and O–H groups in total. The van der Waals surface area contributed by atoms with Crippen molar-refractivity contribution in [2.45, 2.75) is 25.9 Å². The van der Waals surface area contributed by atoms with Crippen LogP contribution >= 0.6 is 0 Å². The van der Waals surface area contributed by atoms with Gasteiger partial charge in [0.1, 0.15) is 23.3 Å². The van der Waals surface area contributed by atoms with E-state index in [1.165, 1.54) is 64.8 Å². The number of amides is 2. The van der Waals surface area contributed by atoms with Gasteiger partial charge >= 0.3 is 0 Å². The minimum absolute atomic E-state index is 0.0210. The van der Waals surface area contributed by atoms with Gasteiger partial charge in [-0.1, -0.05) is 12.1 Å². The Morgan fingerprint density at radius 1 is 0.580 bits per heavy atom. The molecule has 10 nitrogen and oxygen atoms in total. The summed E-state index contributed by atoms with van der Waals surface area (Å²) in [5.41, 5.74) is 0.750. The second kappa shape index (κ2) is 16.6. The van der Waals surface area contributed by atoms with Gasteiger partial charge in [0.25, 0.3) is 0 Å². The molecule has 0 heterocycles. The lowest BCUT2D eigenvalue weighted by Crippen LogP contribution is -2.44. The van der Waals surface area contributed by atoms with Crippen LogP contribution in [0.15, 0.2) is 60.7 Å². The molecule has 0 unspecified atom stereocenters. The summed E-state index contributed by atoms with van der Waals surface area (Å²) in [5, 5.41) is 26.2. The van der Waals surface area contributed by atoms with Gasteiger partial charge in [0.2, 0.25) is 23.3 Å². The lowest BCUT2D eigenvalue weighted by Gasteiger charge is -2.27. The number of methoxy groups -OCH3 is 4. The van der Waals surface area contributed by atoms with Gasteiger partial charge in [-0.25, -0.2) is 17.6 Å². The van der Waals surface area contributed by atoms with Crippen LogP contribution in [0.3, 0.4) is 0 Å². The van der Waals surface area contributed by atoms with Crippen molar-refractivity contribution in [2.75, 3.05) is 28.4 Å². The topological polar surface area (TPSA) is 136 Å². The molecular formula is C36H36F4N2O8. The first kappa shape index (κ1) is 37.2. The average molecular weight is 701 g/mol. The van der Waals surface area contributed by atoms with E-state index in [9.17, 15) is 37.4 Å². The molecule has 266 valence electrons. The summed E-state index contributed by atoms with van der Waals surface area (Å²) in [6, 6.07) is 11.6. The van der Waals surface area contributed by atoms with Gasteiger partial charge in [-0.3, -0.25) is 9.59 Å². The Hall–Kier alpha value is -5.66. The third kappa shape index (κ3) is 8.87. The van der Waals surface area contributed by atoms with Crippen LogP contribution in [0, 0.1) is 35.1 Å². The highest BCUT2D eigenvalue weighted by Gasteiger charge is 2.35. The molecule has 4 aromatic rings. The number of rotatable bonds is 15. The molecule has 0 bridgehead atoms. The molecule has 4 aromatic carbocycles. The van der Waals surface area contributed by atoms with Crippen LogP contribution in [0.5, 0.6) is 34.5 Å². The van der Waals surface area contributed by atoms with Crippen LogP contribution in [0.2, 0.25) is 0 Å². The molecule has 0 aliphatic heterocycles. The highest BCUT2D eigenvalue weighted by molar-refractivity contribution is 5.88. The van der Waals surface area contributed by atoms with E-state index < -0.39 is 46.9 Å². The fourth-order valence-electron chi connectivity index (χ4n) is 5.43. The van der Waals surface area contributed by atoms with Crippen LogP contribution in [0.25, 0.3) is 0 Å². The smallest absolute Gasteiger partial charge is 0.224 e. The van der Waals surface area contributed by atoms with Gasteiger partial charge in [0, 0.05) is 36.3 Å². The molecule has 0 aliphatic rings. The molecule has 2 atom stereocenters. The molecule has 4 rings (SSSR count). The van der Waals surface area contributed by atoms with Crippen LogP contribution < -0.4 is 29.6 Å². The minimum Gasteiger partial charge on any atom is -0.502 e. The van der Waals surface area contributed by atoms with Gasteiger partial charge in [-0.15, -0.1) is 0 Å². The summed E-state index contributed by atoms with van der Waals surface area (Å²) in [6.45, 7) is -0.723. The molecule has 50 heavy (non-hydrogen) atoms. The largest absolute Gasteiger partial charge is 0.502 e. The Kier molecular flexibility index (Phi) is 12.4. The monoisotopic (exact) mass is 700 g/mol. The van der Waals surface area contributed by atoms with E-state index in [2.05, 4.69) is 10.6 Å². The second-order valence-corrected chi connectivity index (χ2v) is 11.2. The first-order valence-corrected chi connectivity index (χ1v) is 15.2. The van der Waals surface area contributed by atoms with Crippen LogP contribution in [0.1, 0.15) is 22.3 Å².